The summed E-state index contributed by atoms with van der Waals surface area (Å²) in [5.41, 5.74) is 3.66. The summed E-state index contributed by atoms with van der Waals surface area (Å²) < 4.78 is 0. The van der Waals surface area contributed by atoms with Crippen molar-refractivity contribution in [1.29, 1.82) is 0 Å². The zero-order valence-corrected chi connectivity index (χ0v) is 12.6. The van der Waals surface area contributed by atoms with Crippen LogP contribution in [0.2, 0.25) is 0 Å². The van der Waals surface area contributed by atoms with Gasteiger partial charge in [0.1, 0.15) is 5.82 Å². The Labute approximate surface area is 121 Å². The second-order valence-electron chi connectivity index (χ2n) is 5.01. The maximum atomic E-state index is 4.68. The molecule has 2 aromatic rings. The van der Waals surface area contributed by atoms with Crippen LogP contribution in [0.15, 0.2) is 42.5 Å². The molecule has 0 unspecified atom stereocenters. The first-order chi connectivity index (χ1) is 9.72. The predicted octanol–water partition coefficient (Wildman–Crippen LogP) is 3.14. The number of rotatable bonds is 6. The van der Waals surface area contributed by atoms with Crippen molar-refractivity contribution in [2.75, 3.05) is 18.5 Å². The Morgan fingerprint density at radius 3 is 2.50 bits per heavy atom. The van der Waals surface area contributed by atoms with E-state index in [2.05, 4.69) is 71.5 Å². The van der Waals surface area contributed by atoms with Crippen molar-refractivity contribution in [3.63, 3.8) is 0 Å². The molecule has 0 aliphatic carbocycles. The van der Waals surface area contributed by atoms with E-state index in [-0.39, 0.29) is 0 Å². The van der Waals surface area contributed by atoms with Gasteiger partial charge in [0.05, 0.1) is 0 Å². The lowest BCUT2D eigenvalue weighted by atomic mass is 10.2. The van der Waals surface area contributed by atoms with Gasteiger partial charge in [-0.15, -0.1) is 0 Å². The third kappa shape index (κ3) is 3.81. The molecule has 1 heterocycles. The van der Waals surface area contributed by atoms with Gasteiger partial charge in [0.15, 0.2) is 0 Å². The lowest BCUT2D eigenvalue weighted by Gasteiger charge is -2.23. The average molecular weight is 269 g/mol. The third-order valence-corrected chi connectivity index (χ3v) is 3.30. The molecular weight excluding hydrogens is 246 g/mol. The lowest BCUT2D eigenvalue weighted by Crippen LogP contribution is -2.23. The molecule has 0 atom stereocenters. The van der Waals surface area contributed by atoms with E-state index in [1.807, 2.05) is 7.05 Å². The number of benzene rings is 1. The van der Waals surface area contributed by atoms with Gasteiger partial charge in [-0.3, -0.25) is 0 Å². The zero-order chi connectivity index (χ0) is 14.4. The van der Waals surface area contributed by atoms with Crippen molar-refractivity contribution in [1.82, 2.24) is 10.3 Å². The molecule has 0 fully saturated rings. The molecule has 0 amide bonds. The number of aromatic nitrogens is 1. The van der Waals surface area contributed by atoms with Gasteiger partial charge in [0, 0.05) is 25.3 Å². The van der Waals surface area contributed by atoms with Gasteiger partial charge >= 0.3 is 0 Å². The van der Waals surface area contributed by atoms with Crippen molar-refractivity contribution >= 4 is 5.82 Å². The Morgan fingerprint density at radius 1 is 1.10 bits per heavy atom. The highest BCUT2D eigenvalue weighted by Crippen LogP contribution is 2.17. The van der Waals surface area contributed by atoms with Crippen molar-refractivity contribution < 1.29 is 0 Å². The lowest BCUT2D eigenvalue weighted by molar-refractivity contribution is 0.790. The molecule has 1 N–H and O–H groups in total. The van der Waals surface area contributed by atoms with E-state index < -0.39 is 0 Å². The fourth-order valence-electron chi connectivity index (χ4n) is 2.35. The summed E-state index contributed by atoms with van der Waals surface area (Å²) in [5.74, 6) is 1.06. The first-order valence-electron chi connectivity index (χ1n) is 7.14. The van der Waals surface area contributed by atoms with Gasteiger partial charge in [-0.05, 0) is 44.2 Å². The van der Waals surface area contributed by atoms with Crippen LogP contribution in [0, 0.1) is 6.92 Å². The van der Waals surface area contributed by atoms with Crippen molar-refractivity contribution in [3.05, 3.63) is 59.3 Å². The van der Waals surface area contributed by atoms with Gasteiger partial charge in [-0.2, -0.15) is 0 Å². The van der Waals surface area contributed by atoms with E-state index in [0.717, 1.165) is 31.1 Å². The molecule has 106 valence electrons. The average Bonchev–Trinajstić information content (AvgIpc) is 2.45. The highest BCUT2D eigenvalue weighted by Gasteiger charge is 2.08. The Hall–Kier alpha value is -1.87. The first-order valence-corrected chi connectivity index (χ1v) is 7.14. The number of pyridine rings is 1. The Bertz CT molecular complexity index is 537. The van der Waals surface area contributed by atoms with Gasteiger partial charge in [0.25, 0.3) is 0 Å². The molecule has 3 nitrogen and oxygen atoms in total. The Kier molecular flexibility index (Phi) is 5.13. The highest BCUT2D eigenvalue weighted by atomic mass is 15.2. The van der Waals surface area contributed by atoms with Crippen molar-refractivity contribution in [3.8, 4) is 0 Å². The predicted molar refractivity (Wildman–Crippen MR) is 84.9 cm³/mol. The molecule has 3 heteroatoms. The number of nitrogens with zero attached hydrogens (tertiary/aromatic N) is 2. The molecule has 20 heavy (non-hydrogen) atoms. The standard InChI is InChI=1S/C17H23N3/c1-4-20(13-15-8-6-5-7-9-15)17-11-16(12-18-3)10-14(2)19-17/h5-11,18H,4,12-13H2,1-3H3. The minimum Gasteiger partial charge on any atom is -0.353 e. The number of hydrogen-bond acceptors (Lipinski definition) is 3. The molecule has 1 aromatic heterocycles. The molecule has 0 radical (unpaired) electrons. The van der Waals surface area contributed by atoms with E-state index >= 15 is 0 Å². The fraction of sp³-hybridized carbons (Fsp3) is 0.353. The molecular formula is C17H23N3. The molecule has 0 bridgehead atoms. The summed E-state index contributed by atoms with van der Waals surface area (Å²) in [5, 5.41) is 3.20. The molecule has 0 spiro atoms. The highest BCUT2D eigenvalue weighted by molar-refractivity contribution is 5.43. The van der Waals surface area contributed by atoms with E-state index in [1.165, 1.54) is 11.1 Å². The molecule has 2 rings (SSSR count). The largest absolute Gasteiger partial charge is 0.353 e. The van der Waals surface area contributed by atoms with Crippen molar-refractivity contribution in [2.45, 2.75) is 26.9 Å². The summed E-state index contributed by atoms with van der Waals surface area (Å²) >= 11 is 0. The Morgan fingerprint density at radius 2 is 1.85 bits per heavy atom. The van der Waals surface area contributed by atoms with E-state index in [0.29, 0.717) is 0 Å². The zero-order valence-electron chi connectivity index (χ0n) is 12.6. The van der Waals surface area contributed by atoms with Gasteiger partial charge in [-0.1, -0.05) is 30.3 Å². The van der Waals surface area contributed by atoms with Crippen LogP contribution in [0.3, 0.4) is 0 Å². The van der Waals surface area contributed by atoms with E-state index in [1.54, 1.807) is 0 Å². The summed E-state index contributed by atoms with van der Waals surface area (Å²) in [4.78, 5) is 6.99. The SMILES string of the molecule is CCN(Cc1ccccc1)c1cc(CNC)cc(C)n1. The van der Waals surface area contributed by atoms with Crippen LogP contribution in [0.25, 0.3) is 0 Å². The van der Waals surface area contributed by atoms with Crippen molar-refractivity contribution in [2.24, 2.45) is 0 Å². The Balaban J connectivity index is 2.22. The molecule has 0 saturated carbocycles. The first kappa shape index (κ1) is 14.5. The number of hydrogen-bond donors (Lipinski definition) is 1. The van der Waals surface area contributed by atoms with Gasteiger partial charge in [-0.25, -0.2) is 4.98 Å². The van der Waals surface area contributed by atoms with E-state index in [4.69, 9.17) is 0 Å². The second-order valence-corrected chi connectivity index (χ2v) is 5.01. The minimum atomic E-state index is 0.874. The van der Waals surface area contributed by atoms with Crippen LogP contribution in [0.4, 0.5) is 5.82 Å². The molecule has 0 aliphatic heterocycles. The number of aryl methyl sites for hydroxylation is 1. The quantitative estimate of drug-likeness (QED) is 0.873. The van der Waals surface area contributed by atoms with Crippen LogP contribution in [-0.2, 0) is 13.1 Å². The summed E-state index contributed by atoms with van der Waals surface area (Å²) in [7, 11) is 1.97. The molecule has 1 aromatic carbocycles. The maximum Gasteiger partial charge on any atom is 0.129 e. The smallest absolute Gasteiger partial charge is 0.129 e. The van der Waals surface area contributed by atoms with Gasteiger partial charge in [0.2, 0.25) is 0 Å². The molecule has 0 aliphatic rings. The topological polar surface area (TPSA) is 28.2 Å². The monoisotopic (exact) mass is 269 g/mol. The van der Waals surface area contributed by atoms with Crippen LogP contribution in [0.5, 0.6) is 0 Å². The third-order valence-electron chi connectivity index (χ3n) is 3.30. The summed E-state index contributed by atoms with van der Waals surface area (Å²) in [6, 6.07) is 14.8. The van der Waals surface area contributed by atoms with Gasteiger partial charge < -0.3 is 10.2 Å². The second kappa shape index (κ2) is 7.06. The fourth-order valence-corrected chi connectivity index (χ4v) is 2.35. The maximum absolute atomic E-state index is 4.68. The normalized spacial score (nSPS) is 10.6. The van der Waals surface area contributed by atoms with Crippen LogP contribution < -0.4 is 10.2 Å². The minimum absolute atomic E-state index is 0.874. The number of nitrogens with one attached hydrogen (secondary N) is 1. The molecule has 0 saturated heterocycles. The van der Waals surface area contributed by atoms with Crippen LogP contribution >= 0.6 is 0 Å². The summed E-state index contributed by atoms with van der Waals surface area (Å²) in [6.07, 6.45) is 0. The number of anilines is 1. The van der Waals surface area contributed by atoms with Crippen LogP contribution in [-0.4, -0.2) is 18.6 Å². The van der Waals surface area contributed by atoms with Crippen LogP contribution in [0.1, 0.15) is 23.7 Å². The van der Waals surface area contributed by atoms with E-state index in [9.17, 15) is 0 Å². The summed E-state index contributed by atoms with van der Waals surface area (Å²) in [6.45, 7) is 6.94.